The zero-order valence-electron chi connectivity index (χ0n) is 14.2. The van der Waals surface area contributed by atoms with E-state index in [1.54, 1.807) is 31.5 Å². The molecule has 0 bridgehead atoms. The normalized spacial score (nSPS) is 10.4. The third-order valence-corrected chi connectivity index (χ3v) is 3.69. The van der Waals surface area contributed by atoms with E-state index in [9.17, 15) is 4.79 Å². The Hall–Kier alpha value is -3.35. The second kappa shape index (κ2) is 7.04. The molecule has 128 valence electrons. The monoisotopic (exact) mass is 338 g/mol. The molecule has 3 aromatic rings. The Bertz CT molecular complexity index is 927. The Labute approximate surface area is 145 Å². The molecule has 0 fully saturated rings. The van der Waals surface area contributed by atoms with Crippen molar-refractivity contribution in [2.24, 2.45) is 0 Å². The number of aryl methyl sites for hydroxylation is 1. The van der Waals surface area contributed by atoms with E-state index < -0.39 is 6.03 Å². The summed E-state index contributed by atoms with van der Waals surface area (Å²) in [5.41, 5.74) is 2.48. The maximum absolute atomic E-state index is 12.3. The summed E-state index contributed by atoms with van der Waals surface area (Å²) in [6.45, 7) is 1.82. The third-order valence-electron chi connectivity index (χ3n) is 3.69. The van der Waals surface area contributed by atoms with E-state index in [2.05, 4.69) is 20.6 Å². The summed E-state index contributed by atoms with van der Waals surface area (Å²) in [6, 6.07) is 10.3. The number of nitrogens with zero attached hydrogens (tertiary/aromatic N) is 2. The number of aromatic nitrogens is 2. The van der Waals surface area contributed by atoms with Crippen LogP contribution in [0.1, 0.15) is 5.69 Å². The Morgan fingerprint density at radius 2 is 1.84 bits per heavy atom. The first kappa shape index (κ1) is 16.5. The number of urea groups is 1. The van der Waals surface area contributed by atoms with Gasteiger partial charge in [0.2, 0.25) is 0 Å². The van der Waals surface area contributed by atoms with Crippen LogP contribution in [0.3, 0.4) is 0 Å². The number of methoxy groups -OCH3 is 2. The van der Waals surface area contributed by atoms with Crippen molar-refractivity contribution < 1.29 is 14.3 Å². The van der Waals surface area contributed by atoms with Gasteiger partial charge in [-0.15, -0.1) is 0 Å². The highest BCUT2D eigenvalue weighted by molar-refractivity contribution is 6.02. The first-order valence-electron chi connectivity index (χ1n) is 7.63. The van der Waals surface area contributed by atoms with Crippen molar-refractivity contribution in [1.29, 1.82) is 0 Å². The molecule has 0 spiro atoms. The number of nitrogens with one attached hydrogen (secondary N) is 2. The molecule has 0 aliphatic rings. The van der Waals surface area contributed by atoms with E-state index in [0.717, 1.165) is 5.39 Å². The summed E-state index contributed by atoms with van der Waals surface area (Å²) < 4.78 is 10.4. The van der Waals surface area contributed by atoms with E-state index >= 15 is 0 Å². The van der Waals surface area contributed by atoms with Gasteiger partial charge in [-0.2, -0.15) is 0 Å². The van der Waals surface area contributed by atoms with Crippen molar-refractivity contribution in [3.05, 3.63) is 48.3 Å². The van der Waals surface area contributed by atoms with Gasteiger partial charge in [0.25, 0.3) is 0 Å². The molecule has 7 nitrogen and oxygen atoms in total. The fourth-order valence-corrected chi connectivity index (χ4v) is 2.40. The zero-order valence-corrected chi connectivity index (χ0v) is 14.2. The lowest BCUT2D eigenvalue weighted by Crippen LogP contribution is -2.20. The van der Waals surface area contributed by atoms with E-state index in [1.807, 2.05) is 25.1 Å². The third kappa shape index (κ3) is 3.60. The molecule has 2 aromatic heterocycles. The lowest BCUT2D eigenvalue weighted by molar-refractivity contribution is 0.262. The van der Waals surface area contributed by atoms with Gasteiger partial charge in [0, 0.05) is 17.6 Å². The van der Waals surface area contributed by atoms with Crippen LogP contribution in [0.4, 0.5) is 16.2 Å². The standard InChI is InChI=1S/C18H18N4O3/c1-11-15(9-12-5-4-8-19-17(12)20-11)22-18(23)21-14-7-6-13(24-2)10-16(14)25-3/h4-10H,1-3H3,(H2,21,22,23). The first-order valence-corrected chi connectivity index (χ1v) is 7.63. The number of fused-ring (bicyclic) bond motifs is 1. The van der Waals surface area contributed by atoms with Crippen LogP contribution in [-0.4, -0.2) is 30.2 Å². The smallest absolute Gasteiger partial charge is 0.323 e. The summed E-state index contributed by atoms with van der Waals surface area (Å²) in [6.07, 6.45) is 1.69. The van der Waals surface area contributed by atoms with Gasteiger partial charge in [-0.25, -0.2) is 14.8 Å². The fraction of sp³-hybridized carbons (Fsp3) is 0.167. The number of carbonyl (C=O) groups excluding carboxylic acids is 1. The molecule has 0 radical (unpaired) electrons. The first-order chi connectivity index (χ1) is 12.1. The van der Waals surface area contributed by atoms with Gasteiger partial charge < -0.3 is 20.1 Å². The number of ether oxygens (including phenoxy) is 2. The highest BCUT2D eigenvalue weighted by Gasteiger charge is 2.11. The Balaban J connectivity index is 1.80. The summed E-state index contributed by atoms with van der Waals surface area (Å²) in [5.74, 6) is 1.15. The maximum atomic E-state index is 12.3. The van der Waals surface area contributed by atoms with E-state index in [4.69, 9.17) is 9.47 Å². The van der Waals surface area contributed by atoms with Crippen LogP contribution < -0.4 is 20.1 Å². The average molecular weight is 338 g/mol. The number of pyridine rings is 2. The minimum Gasteiger partial charge on any atom is -0.497 e. The zero-order chi connectivity index (χ0) is 17.8. The van der Waals surface area contributed by atoms with E-state index in [0.29, 0.717) is 34.2 Å². The number of rotatable bonds is 4. The summed E-state index contributed by atoms with van der Waals surface area (Å²) in [5, 5.41) is 6.42. The number of hydrogen-bond acceptors (Lipinski definition) is 5. The van der Waals surface area contributed by atoms with Crippen LogP contribution in [-0.2, 0) is 0 Å². The predicted molar refractivity (Wildman–Crippen MR) is 96.5 cm³/mol. The molecular formula is C18H18N4O3. The van der Waals surface area contributed by atoms with Gasteiger partial charge in [0.1, 0.15) is 11.5 Å². The average Bonchev–Trinajstić information content (AvgIpc) is 2.62. The topological polar surface area (TPSA) is 85.4 Å². The highest BCUT2D eigenvalue weighted by atomic mass is 16.5. The number of amides is 2. The van der Waals surface area contributed by atoms with Crippen molar-refractivity contribution in [3.63, 3.8) is 0 Å². The number of benzene rings is 1. The number of carbonyl (C=O) groups is 1. The highest BCUT2D eigenvalue weighted by Crippen LogP contribution is 2.29. The largest absolute Gasteiger partial charge is 0.497 e. The van der Waals surface area contributed by atoms with Crippen LogP contribution in [0, 0.1) is 6.92 Å². The van der Waals surface area contributed by atoms with Crippen molar-refractivity contribution in [2.45, 2.75) is 6.92 Å². The van der Waals surface area contributed by atoms with Gasteiger partial charge in [-0.1, -0.05) is 0 Å². The number of anilines is 2. The van der Waals surface area contributed by atoms with Crippen LogP contribution in [0.15, 0.2) is 42.6 Å². The van der Waals surface area contributed by atoms with Crippen molar-refractivity contribution in [1.82, 2.24) is 9.97 Å². The lowest BCUT2D eigenvalue weighted by atomic mass is 10.2. The molecule has 1 aromatic carbocycles. The fourth-order valence-electron chi connectivity index (χ4n) is 2.40. The Morgan fingerprint density at radius 1 is 1.04 bits per heavy atom. The Kier molecular flexibility index (Phi) is 4.65. The van der Waals surface area contributed by atoms with E-state index in [1.165, 1.54) is 7.11 Å². The molecule has 0 saturated carbocycles. The van der Waals surface area contributed by atoms with Crippen molar-refractivity contribution >= 4 is 28.4 Å². The molecule has 0 atom stereocenters. The SMILES string of the molecule is COc1ccc(NC(=O)Nc2cc3cccnc3nc2C)c(OC)c1. The molecular weight excluding hydrogens is 320 g/mol. The van der Waals surface area contributed by atoms with Crippen molar-refractivity contribution in [3.8, 4) is 11.5 Å². The molecule has 0 unspecified atom stereocenters. The molecule has 2 heterocycles. The minimum absolute atomic E-state index is 0.392. The second-order valence-corrected chi connectivity index (χ2v) is 5.32. The molecule has 2 N–H and O–H groups in total. The molecule has 25 heavy (non-hydrogen) atoms. The summed E-state index contributed by atoms with van der Waals surface area (Å²) in [4.78, 5) is 20.9. The van der Waals surface area contributed by atoms with Gasteiger partial charge in [0.15, 0.2) is 5.65 Å². The van der Waals surface area contributed by atoms with Gasteiger partial charge in [-0.3, -0.25) is 0 Å². The summed E-state index contributed by atoms with van der Waals surface area (Å²) in [7, 11) is 3.10. The molecule has 0 saturated heterocycles. The Morgan fingerprint density at radius 3 is 2.60 bits per heavy atom. The molecule has 0 aliphatic carbocycles. The van der Waals surface area contributed by atoms with E-state index in [-0.39, 0.29) is 0 Å². The van der Waals surface area contributed by atoms with Crippen molar-refractivity contribution in [2.75, 3.05) is 24.9 Å². The number of hydrogen-bond donors (Lipinski definition) is 2. The van der Waals surface area contributed by atoms with Crippen LogP contribution in [0.5, 0.6) is 11.5 Å². The van der Waals surface area contributed by atoms with Gasteiger partial charge in [0.05, 0.1) is 31.3 Å². The second-order valence-electron chi connectivity index (χ2n) is 5.32. The van der Waals surface area contributed by atoms with Crippen LogP contribution in [0.2, 0.25) is 0 Å². The van der Waals surface area contributed by atoms with Crippen LogP contribution >= 0.6 is 0 Å². The minimum atomic E-state index is -0.392. The van der Waals surface area contributed by atoms with Gasteiger partial charge in [-0.05, 0) is 37.3 Å². The predicted octanol–water partition coefficient (Wildman–Crippen LogP) is 3.60. The molecule has 2 amide bonds. The summed E-state index contributed by atoms with van der Waals surface area (Å²) >= 11 is 0. The van der Waals surface area contributed by atoms with Gasteiger partial charge >= 0.3 is 6.03 Å². The molecule has 3 rings (SSSR count). The van der Waals surface area contributed by atoms with Crippen LogP contribution in [0.25, 0.3) is 11.0 Å². The molecule has 7 heteroatoms. The quantitative estimate of drug-likeness (QED) is 0.759. The molecule has 0 aliphatic heterocycles. The lowest BCUT2D eigenvalue weighted by Gasteiger charge is -2.13. The maximum Gasteiger partial charge on any atom is 0.323 e.